The maximum Gasteiger partial charge on any atom is 0.245 e. The van der Waals surface area contributed by atoms with E-state index in [-0.39, 0.29) is 23.9 Å². The normalized spacial score (nSPS) is 25.0. The third-order valence-corrected chi connectivity index (χ3v) is 6.58. The molecule has 0 spiro atoms. The number of nitrogens with zero attached hydrogens (tertiary/aromatic N) is 3. The van der Waals surface area contributed by atoms with Crippen LogP contribution in [-0.2, 0) is 22.4 Å². The van der Waals surface area contributed by atoms with Gasteiger partial charge >= 0.3 is 0 Å². The SMILES string of the molecule is O=C([C@@H]1CCCN1C(=O)CCC1Cc2ccccc2C1)N1CCC[C@H]1C=NO. The Bertz CT molecular complexity index is 738. The molecule has 0 radical (unpaired) electrons. The Kier molecular flexibility index (Phi) is 5.64. The van der Waals surface area contributed by atoms with Gasteiger partial charge in [0.25, 0.3) is 0 Å². The van der Waals surface area contributed by atoms with Gasteiger partial charge in [-0.25, -0.2) is 0 Å². The van der Waals surface area contributed by atoms with Crippen molar-refractivity contribution in [3.05, 3.63) is 35.4 Å². The first-order valence-corrected chi connectivity index (χ1v) is 10.5. The van der Waals surface area contributed by atoms with E-state index in [2.05, 4.69) is 29.4 Å². The molecule has 2 saturated heterocycles. The molecule has 6 heteroatoms. The summed E-state index contributed by atoms with van der Waals surface area (Å²) in [5.74, 6) is 0.654. The lowest BCUT2D eigenvalue weighted by atomic mass is 9.99. The molecule has 0 unspecified atom stereocenters. The lowest BCUT2D eigenvalue weighted by Crippen LogP contribution is -2.49. The van der Waals surface area contributed by atoms with Crippen LogP contribution in [0, 0.1) is 5.92 Å². The number of fused-ring (bicyclic) bond motifs is 1. The number of rotatable bonds is 5. The Morgan fingerprint density at radius 1 is 1.07 bits per heavy atom. The smallest absolute Gasteiger partial charge is 0.245 e. The molecule has 2 heterocycles. The number of carbonyl (C=O) groups is 2. The van der Waals surface area contributed by atoms with E-state index in [1.807, 2.05) is 0 Å². The highest BCUT2D eigenvalue weighted by Crippen LogP contribution is 2.30. The molecule has 4 rings (SSSR count). The second kappa shape index (κ2) is 8.33. The zero-order valence-electron chi connectivity index (χ0n) is 16.3. The van der Waals surface area contributed by atoms with Crippen molar-refractivity contribution in [3.63, 3.8) is 0 Å². The highest BCUT2D eigenvalue weighted by molar-refractivity contribution is 5.90. The molecule has 1 N–H and O–H groups in total. The standard InChI is InChI=1S/C22H29N3O3/c26-21(10-9-16-13-17-5-1-2-6-18(17)14-16)25-12-4-8-20(25)22(27)24-11-3-7-19(24)15-23-28/h1-2,5-6,15-16,19-20,28H,3-4,7-14H2/t19-,20-/m0/s1. The Morgan fingerprint density at radius 3 is 2.46 bits per heavy atom. The molecule has 0 aromatic heterocycles. The molecule has 2 atom stereocenters. The van der Waals surface area contributed by atoms with Crippen LogP contribution in [0.1, 0.15) is 49.7 Å². The molecule has 1 aliphatic carbocycles. The van der Waals surface area contributed by atoms with Crippen LogP contribution < -0.4 is 0 Å². The van der Waals surface area contributed by atoms with Crippen molar-refractivity contribution >= 4 is 18.0 Å². The summed E-state index contributed by atoms with van der Waals surface area (Å²) in [5.41, 5.74) is 2.83. The van der Waals surface area contributed by atoms with E-state index < -0.39 is 0 Å². The minimum Gasteiger partial charge on any atom is -0.411 e. The number of benzene rings is 1. The van der Waals surface area contributed by atoms with E-state index in [0.717, 1.165) is 44.9 Å². The van der Waals surface area contributed by atoms with E-state index >= 15 is 0 Å². The van der Waals surface area contributed by atoms with Gasteiger partial charge in [0.2, 0.25) is 11.8 Å². The van der Waals surface area contributed by atoms with Crippen LogP contribution in [-0.4, -0.2) is 58.2 Å². The van der Waals surface area contributed by atoms with Gasteiger partial charge in [-0.2, -0.15) is 0 Å². The number of likely N-dealkylation sites (tertiary alicyclic amines) is 2. The molecule has 1 aromatic carbocycles. The van der Waals surface area contributed by atoms with Crippen molar-refractivity contribution in [1.29, 1.82) is 0 Å². The second-order valence-electron chi connectivity index (χ2n) is 8.33. The van der Waals surface area contributed by atoms with Gasteiger partial charge in [0.05, 0.1) is 12.3 Å². The maximum atomic E-state index is 13.0. The highest BCUT2D eigenvalue weighted by atomic mass is 16.4. The van der Waals surface area contributed by atoms with E-state index in [4.69, 9.17) is 5.21 Å². The third-order valence-electron chi connectivity index (χ3n) is 6.58. The molecular formula is C22H29N3O3. The summed E-state index contributed by atoms with van der Waals surface area (Å²) in [5, 5.41) is 12.0. The fourth-order valence-electron chi connectivity index (χ4n) is 5.14. The fourth-order valence-corrected chi connectivity index (χ4v) is 5.14. The van der Waals surface area contributed by atoms with Gasteiger partial charge in [-0.05, 0) is 62.0 Å². The lowest BCUT2D eigenvalue weighted by molar-refractivity contribution is -0.143. The van der Waals surface area contributed by atoms with Crippen LogP contribution in [0.15, 0.2) is 29.4 Å². The van der Waals surface area contributed by atoms with Crippen molar-refractivity contribution in [2.75, 3.05) is 13.1 Å². The Hall–Kier alpha value is -2.37. The van der Waals surface area contributed by atoms with E-state index in [0.29, 0.717) is 25.4 Å². The maximum absolute atomic E-state index is 13.0. The van der Waals surface area contributed by atoms with Gasteiger partial charge in [0.15, 0.2) is 0 Å². The average molecular weight is 383 g/mol. The molecule has 3 aliphatic rings. The minimum atomic E-state index is -0.346. The quantitative estimate of drug-likeness (QED) is 0.483. The Balaban J connectivity index is 1.33. The van der Waals surface area contributed by atoms with Crippen molar-refractivity contribution in [1.82, 2.24) is 9.80 Å². The van der Waals surface area contributed by atoms with Crippen molar-refractivity contribution in [2.24, 2.45) is 11.1 Å². The Morgan fingerprint density at radius 2 is 1.75 bits per heavy atom. The van der Waals surface area contributed by atoms with Crippen LogP contribution in [0.3, 0.4) is 0 Å². The monoisotopic (exact) mass is 383 g/mol. The first-order valence-electron chi connectivity index (χ1n) is 10.5. The molecule has 0 bridgehead atoms. The predicted molar refractivity (Wildman–Crippen MR) is 106 cm³/mol. The summed E-state index contributed by atoms with van der Waals surface area (Å²) >= 11 is 0. The summed E-state index contributed by atoms with van der Waals surface area (Å²) in [6, 6.07) is 8.05. The number of hydrogen-bond acceptors (Lipinski definition) is 4. The van der Waals surface area contributed by atoms with Crippen molar-refractivity contribution in [3.8, 4) is 0 Å². The van der Waals surface area contributed by atoms with Crippen LogP contribution in [0.25, 0.3) is 0 Å². The van der Waals surface area contributed by atoms with E-state index in [9.17, 15) is 9.59 Å². The summed E-state index contributed by atoms with van der Waals surface area (Å²) in [7, 11) is 0. The number of carbonyl (C=O) groups excluding carboxylic acids is 2. The second-order valence-corrected chi connectivity index (χ2v) is 8.33. The van der Waals surface area contributed by atoms with Gasteiger partial charge in [-0.15, -0.1) is 0 Å². The fraction of sp³-hybridized carbons (Fsp3) is 0.591. The first-order chi connectivity index (χ1) is 13.7. The molecular weight excluding hydrogens is 354 g/mol. The number of oxime groups is 1. The molecule has 6 nitrogen and oxygen atoms in total. The zero-order valence-corrected chi connectivity index (χ0v) is 16.3. The lowest BCUT2D eigenvalue weighted by Gasteiger charge is -2.30. The topological polar surface area (TPSA) is 73.2 Å². The summed E-state index contributed by atoms with van der Waals surface area (Å²) in [4.78, 5) is 29.5. The van der Waals surface area contributed by atoms with Gasteiger partial charge in [0.1, 0.15) is 6.04 Å². The van der Waals surface area contributed by atoms with Gasteiger partial charge in [-0.3, -0.25) is 9.59 Å². The highest BCUT2D eigenvalue weighted by Gasteiger charge is 2.39. The Labute approximate surface area is 166 Å². The summed E-state index contributed by atoms with van der Waals surface area (Å²) < 4.78 is 0. The summed E-state index contributed by atoms with van der Waals surface area (Å²) in [6.45, 7) is 1.35. The molecule has 2 amide bonds. The predicted octanol–water partition coefficient (Wildman–Crippen LogP) is 2.62. The number of hydrogen-bond donors (Lipinski definition) is 1. The summed E-state index contributed by atoms with van der Waals surface area (Å²) in [6.07, 6.45) is 8.29. The molecule has 2 aliphatic heterocycles. The first kappa shape index (κ1) is 19.0. The van der Waals surface area contributed by atoms with Crippen LogP contribution in [0.4, 0.5) is 0 Å². The van der Waals surface area contributed by atoms with E-state index in [1.165, 1.54) is 17.3 Å². The molecule has 2 fully saturated rings. The minimum absolute atomic E-state index is 0.0153. The van der Waals surface area contributed by atoms with Crippen LogP contribution >= 0.6 is 0 Å². The third kappa shape index (κ3) is 3.77. The molecule has 1 aromatic rings. The average Bonchev–Trinajstić information content (AvgIpc) is 3.44. The van der Waals surface area contributed by atoms with E-state index in [1.54, 1.807) is 9.80 Å². The number of amides is 2. The largest absolute Gasteiger partial charge is 0.411 e. The molecule has 28 heavy (non-hydrogen) atoms. The molecule has 150 valence electrons. The van der Waals surface area contributed by atoms with Crippen molar-refractivity contribution in [2.45, 2.75) is 63.5 Å². The van der Waals surface area contributed by atoms with Gasteiger partial charge in [0, 0.05) is 19.5 Å². The van der Waals surface area contributed by atoms with Crippen molar-refractivity contribution < 1.29 is 14.8 Å². The van der Waals surface area contributed by atoms with Crippen LogP contribution in [0.5, 0.6) is 0 Å². The van der Waals surface area contributed by atoms with Gasteiger partial charge < -0.3 is 15.0 Å². The molecule has 0 saturated carbocycles. The van der Waals surface area contributed by atoms with Crippen LogP contribution in [0.2, 0.25) is 0 Å². The van der Waals surface area contributed by atoms with Gasteiger partial charge in [-0.1, -0.05) is 29.4 Å². The zero-order chi connectivity index (χ0) is 19.5.